The molecule has 1 saturated carbocycles. The molecule has 8 heteroatoms. The maximum absolute atomic E-state index is 14.1. The molecule has 8 nitrogen and oxygen atoms in total. The molecular weight excluding hydrogens is 470 g/mol. The van der Waals surface area contributed by atoms with Crippen LogP contribution >= 0.6 is 0 Å². The summed E-state index contributed by atoms with van der Waals surface area (Å²) in [6.45, 7) is 0.184. The number of hydrogen-bond acceptors (Lipinski definition) is 6. The van der Waals surface area contributed by atoms with E-state index in [1.165, 1.54) is 23.5 Å². The number of benzene rings is 2. The number of para-hydroxylation sites is 2. The fraction of sp³-hybridized carbons (Fsp3) is 0.345. The van der Waals surface area contributed by atoms with E-state index >= 15 is 0 Å². The van der Waals surface area contributed by atoms with Crippen molar-refractivity contribution < 1.29 is 24.2 Å². The van der Waals surface area contributed by atoms with E-state index in [4.69, 9.17) is 9.47 Å². The van der Waals surface area contributed by atoms with Crippen LogP contribution in [0.2, 0.25) is 0 Å². The number of aromatic hydroxyl groups is 1. The van der Waals surface area contributed by atoms with Gasteiger partial charge in [0, 0.05) is 25.0 Å². The highest BCUT2D eigenvalue weighted by molar-refractivity contribution is 5.91. The number of pyridine rings is 1. The Morgan fingerprint density at radius 1 is 1.00 bits per heavy atom. The smallest absolute Gasteiger partial charge is 0.268 e. The van der Waals surface area contributed by atoms with Gasteiger partial charge in [-0.2, -0.15) is 0 Å². The third-order valence-electron chi connectivity index (χ3n) is 6.86. The first-order valence-corrected chi connectivity index (χ1v) is 12.8. The molecule has 2 N–H and O–H groups in total. The lowest BCUT2D eigenvalue weighted by molar-refractivity contribution is -0.149. The molecule has 0 spiro atoms. The van der Waals surface area contributed by atoms with Gasteiger partial charge in [0.1, 0.15) is 18.4 Å². The van der Waals surface area contributed by atoms with Gasteiger partial charge < -0.3 is 24.8 Å². The standard InChI is InChI=1S/C29H31N3O5/c33-23-14-12-21(13-15-23)27(28(34)31-22-8-2-1-3-9-22)32(18-20-7-6-16-30-17-20)29(35)26-19-36-24-10-4-5-11-25(24)37-26/h4-7,10-17,22,26-27,33H,1-3,8-9,18-19H2,(H,31,34). The van der Waals surface area contributed by atoms with E-state index in [9.17, 15) is 14.7 Å². The van der Waals surface area contributed by atoms with Gasteiger partial charge in [-0.05, 0) is 54.3 Å². The number of carbonyl (C=O) groups excluding carboxylic acids is 2. The van der Waals surface area contributed by atoms with Crippen LogP contribution in [0.4, 0.5) is 0 Å². The molecule has 2 aromatic carbocycles. The quantitative estimate of drug-likeness (QED) is 0.505. The van der Waals surface area contributed by atoms with Gasteiger partial charge in [0.2, 0.25) is 12.0 Å². The van der Waals surface area contributed by atoms with Crippen molar-refractivity contribution in [3.63, 3.8) is 0 Å². The molecule has 1 aliphatic carbocycles. The largest absolute Gasteiger partial charge is 0.508 e. The molecule has 3 aromatic rings. The van der Waals surface area contributed by atoms with Gasteiger partial charge in [-0.15, -0.1) is 0 Å². The predicted molar refractivity (Wildman–Crippen MR) is 137 cm³/mol. The Labute approximate surface area is 216 Å². The van der Waals surface area contributed by atoms with Gasteiger partial charge >= 0.3 is 0 Å². The van der Waals surface area contributed by atoms with Crippen molar-refractivity contribution in [1.82, 2.24) is 15.2 Å². The summed E-state index contributed by atoms with van der Waals surface area (Å²) in [6.07, 6.45) is 7.56. The highest BCUT2D eigenvalue weighted by atomic mass is 16.6. The highest BCUT2D eigenvalue weighted by Crippen LogP contribution is 2.33. The molecule has 37 heavy (non-hydrogen) atoms. The summed E-state index contributed by atoms with van der Waals surface area (Å²) in [5.74, 6) is 0.528. The van der Waals surface area contributed by atoms with E-state index in [1.54, 1.807) is 42.7 Å². The number of amides is 2. The zero-order chi connectivity index (χ0) is 25.6. The number of phenols is 1. The molecule has 0 bridgehead atoms. The van der Waals surface area contributed by atoms with Gasteiger partial charge in [0.05, 0.1) is 0 Å². The van der Waals surface area contributed by atoms with Crippen molar-refractivity contribution in [2.24, 2.45) is 0 Å². The second-order valence-electron chi connectivity index (χ2n) is 9.53. The monoisotopic (exact) mass is 501 g/mol. The Bertz CT molecular complexity index is 1210. The maximum Gasteiger partial charge on any atom is 0.268 e. The van der Waals surface area contributed by atoms with Crippen molar-refractivity contribution in [3.05, 3.63) is 84.2 Å². The molecule has 1 aliphatic heterocycles. The first-order valence-electron chi connectivity index (χ1n) is 12.8. The van der Waals surface area contributed by atoms with Crippen LogP contribution in [0.1, 0.15) is 49.3 Å². The Kier molecular flexibility index (Phi) is 7.54. The van der Waals surface area contributed by atoms with Crippen LogP contribution in [0.5, 0.6) is 17.2 Å². The number of nitrogens with one attached hydrogen (secondary N) is 1. The third kappa shape index (κ3) is 5.85. The summed E-state index contributed by atoms with van der Waals surface area (Å²) >= 11 is 0. The van der Waals surface area contributed by atoms with Crippen LogP contribution in [-0.2, 0) is 16.1 Å². The first kappa shape index (κ1) is 24.6. The molecule has 2 unspecified atom stereocenters. The Balaban J connectivity index is 1.49. The number of ether oxygens (including phenoxy) is 2. The average molecular weight is 502 g/mol. The minimum absolute atomic E-state index is 0.0337. The Morgan fingerprint density at radius 2 is 1.76 bits per heavy atom. The molecule has 2 amide bonds. The third-order valence-corrected chi connectivity index (χ3v) is 6.86. The number of hydrogen-bond donors (Lipinski definition) is 2. The van der Waals surface area contributed by atoms with Crippen LogP contribution in [0.3, 0.4) is 0 Å². The lowest BCUT2D eigenvalue weighted by Gasteiger charge is -2.36. The van der Waals surface area contributed by atoms with Crippen molar-refractivity contribution in [2.45, 2.75) is 56.8 Å². The number of carbonyl (C=O) groups is 2. The van der Waals surface area contributed by atoms with Gasteiger partial charge in [-0.1, -0.05) is 49.6 Å². The molecule has 5 rings (SSSR count). The number of rotatable bonds is 7. The van der Waals surface area contributed by atoms with Crippen molar-refractivity contribution in [1.29, 1.82) is 0 Å². The summed E-state index contributed by atoms with van der Waals surface area (Å²) in [4.78, 5) is 33.6. The summed E-state index contributed by atoms with van der Waals surface area (Å²) in [5.41, 5.74) is 1.38. The van der Waals surface area contributed by atoms with E-state index in [0.717, 1.165) is 31.2 Å². The second-order valence-corrected chi connectivity index (χ2v) is 9.53. The number of fused-ring (bicyclic) bond motifs is 1. The molecule has 192 valence electrons. The summed E-state index contributed by atoms with van der Waals surface area (Å²) in [6, 6.07) is 16.4. The summed E-state index contributed by atoms with van der Waals surface area (Å²) < 4.78 is 11.9. The number of phenolic OH excluding ortho intramolecular Hbond substituents is 1. The lowest BCUT2D eigenvalue weighted by atomic mass is 9.94. The maximum atomic E-state index is 14.1. The SMILES string of the molecule is O=C(NC1CCCCC1)C(c1ccc(O)cc1)N(Cc1cccnc1)C(=O)C1COc2ccccc2O1. The molecule has 0 saturated heterocycles. The first-order chi connectivity index (χ1) is 18.1. The molecule has 0 radical (unpaired) electrons. The van der Waals surface area contributed by atoms with Gasteiger partial charge in [0.15, 0.2) is 11.5 Å². The van der Waals surface area contributed by atoms with Crippen LogP contribution in [0, 0.1) is 0 Å². The molecule has 2 heterocycles. The summed E-state index contributed by atoms with van der Waals surface area (Å²) in [7, 11) is 0. The van der Waals surface area contributed by atoms with Gasteiger partial charge in [-0.25, -0.2) is 0 Å². The van der Waals surface area contributed by atoms with E-state index in [-0.39, 0.29) is 36.8 Å². The van der Waals surface area contributed by atoms with Crippen LogP contribution in [0.25, 0.3) is 0 Å². The summed E-state index contributed by atoms with van der Waals surface area (Å²) in [5, 5.41) is 13.1. The minimum atomic E-state index is -0.934. The second kappa shape index (κ2) is 11.3. The number of nitrogens with zero attached hydrogens (tertiary/aromatic N) is 2. The highest BCUT2D eigenvalue weighted by Gasteiger charge is 2.38. The molecule has 2 aliphatic rings. The minimum Gasteiger partial charge on any atom is -0.508 e. The van der Waals surface area contributed by atoms with Crippen LogP contribution < -0.4 is 14.8 Å². The molecule has 2 atom stereocenters. The Morgan fingerprint density at radius 3 is 2.49 bits per heavy atom. The average Bonchev–Trinajstić information content (AvgIpc) is 2.94. The molecule has 1 aromatic heterocycles. The van der Waals surface area contributed by atoms with Crippen molar-refractivity contribution >= 4 is 11.8 Å². The van der Waals surface area contributed by atoms with E-state index < -0.39 is 12.1 Å². The van der Waals surface area contributed by atoms with E-state index in [1.807, 2.05) is 18.2 Å². The zero-order valence-electron chi connectivity index (χ0n) is 20.6. The predicted octanol–water partition coefficient (Wildman–Crippen LogP) is 4.15. The fourth-order valence-electron chi connectivity index (χ4n) is 4.97. The van der Waals surface area contributed by atoms with Crippen molar-refractivity contribution in [3.8, 4) is 17.2 Å². The van der Waals surface area contributed by atoms with Crippen LogP contribution in [-0.4, -0.2) is 45.6 Å². The van der Waals surface area contributed by atoms with Crippen LogP contribution in [0.15, 0.2) is 73.1 Å². The van der Waals surface area contributed by atoms with Crippen molar-refractivity contribution in [2.75, 3.05) is 6.61 Å². The van der Waals surface area contributed by atoms with E-state index in [2.05, 4.69) is 10.3 Å². The number of aromatic nitrogens is 1. The normalized spacial score (nSPS) is 18.0. The zero-order valence-corrected chi connectivity index (χ0v) is 20.6. The molecule has 1 fully saturated rings. The molecular formula is C29H31N3O5. The van der Waals surface area contributed by atoms with E-state index in [0.29, 0.717) is 17.1 Å². The Hall–Kier alpha value is -4.07. The topological polar surface area (TPSA) is 101 Å². The van der Waals surface area contributed by atoms with Gasteiger partial charge in [0.25, 0.3) is 5.91 Å². The van der Waals surface area contributed by atoms with Gasteiger partial charge in [-0.3, -0.25) is 14.6 Å². The fourth-order valence-corrected chi connectivity index (χ4v) is 4.97. The lowest BCUT2D eigenvalue weighted by Crippen LogP contribution is -2.52.